The first-order chi connectivity index (χ1) is 10.5. The summed E-state index contributed by atoms with van der Waals surface area (Å²) in [4.78, 5) is 11.9. The van der Waals surface area contributed by atoms with Gasteiger partial charge >= 0.3 is 5.69 Å². The highest BCUT2D eigenvalue weighted by Crippen LogP contribution is 2.24. The molecule has 0 aliphatic rings. The van der Waals surface area contributed by atoms with Gasteiger partial charge in [-0.25, -0.2) is 0 Å². The second-order valence-electron chi connectivity index (χ2n) is 4.86. The molecule has 0 spiro atoms. The fourth-order valence-corrected chi connectivity index (χ4v) is 2.25. The Morgan fingerprint density at radius 1 is 1.27 bits per heavy atom. The molecule has 116 valence electrons. The maximum Gasteiger partial charge on any atom is 0.305 e. The van der Waals surface area contributed by atoms with Crippen molar-refractivity contribution in [1.82, 2.24) is 0 Å². The zero-order valence-electron chi connectivity index (χ0n) is 12.1. The lowest BCUT2D eigenvalue weighted by molar-refractivity contribution is -0.387. The highest BCUT2D eigenvalue weighted by molar-refractivity contribution is 5.46. The second-order valence-corrected chi connectivity index (χ2v) is 4.86. The first-order valence-corrected chi connectivity index (χ1v) is 6.94. The number of anilines is 1. The van der Waals surface area contributed by atoms with Crippen LogP contribution in [0.15, 0.2) is 48.5 Å². The number of likely N-dealkylation sites (N-methyl/N-ethyl adjacent to an activating group) is 1. The normalized spacial score (nSPS) is 12.0. The molecule has 1 atom stereocenters. The molecule has 0 saturated heterocycles. The third kappa shape index (κ3) is 3.59. The van der Waals surface area contributed by atoms with E-state index in [9.17, 15) is 19.6 Å². The van der Waals surface area contributed by atoms with Gasteiger partial charge in [-0.15, -0.1) is 0 Å². The number of para-hydroxylation sites is 1. The molecule has 0 radical (unpaired) electrons. The third-order valence-electron chi connectivity index (χ3n) is 3.45. The van der Waals surface area contributed by atoms with Gasteiger partial charge in [0.25, 0.3) is 0 Å². The Hall–Kier alpha value is -2.47. The zero-order valence-corrected chi connectivity index (χ0v) is 12.1. The second kappa shape index (κ2) is 7.00. The topological polar surface area (TPSA) is 66.6 Å². The first-order valence-electron chi connectivity index (χ1n) is 6.94. The first kappa shape index (κ1) is 15.9. The van der Waals surface area contributed by atoms with Crippen molar-refractivity contribution in [2.24, 2.45) is 0 Å². The van der Waals surface area contributed by atoms with Crippen LogP contribution in [0.5, 0.6) is 0 Å². The SMILES string of the molecule is CCN(CC(O)c1ccc(F)c([N+](=O)[O-])c1)c1ccccc1. The Morgan fingerprint density at radius 2 is 1.95 bits per heavy atom. The fraction of sp³-hybridized carbons (Fsp3) is 0.250. The molecule has 22 heavy (non-hydrogen) atoms. The van der Waals surface area contributed by atoms with Crippen molar-refractivity contribution in [3.05, 3.63) is 70.0 Å². The van der Waals surface area contributed by atoms with Crippen molar-refractivity contribution in [3.8, 4) is 0 Å². The van der Waals surface area contributed by atoms with Gasteiger partial charge in [0.15, 0.2) is 0 Å². The average Bonchev–Trinajstić information content (AvgIpc) is 2.53. The van der Waals surface area contributed by atoms with Gasteiger partial charge in [-0.05, 0) is 30.7 Å². The zero-order chi connectivity index (χ0) is 16.1. The van der Waals surface area contributed by atoms with Crippen LogP contribution in [0.4, 0.5) is 15.8 Å². The summed E-state index contributed by atoms with van der Waals surface area (Å²) in [5.41, 5.74) is 0.641. The lowest BCUT2D eigenvalue weighted by Gasteiger charge is -2.26. The van der Waals surface area contributed by atoms with Crippen molar-refractivity contribution in [3.63, 3.8) is 0 Å². The summed E-state index contributed by atoms with van der Waals surface area (Å²) >= 11 is 0. The highest BCUT2D eigenvalue weighted by atomic mass is 19.1. The standard InChI is InChI=1S/C16H17FN2O3/c1-2-18(13-6-4-3-5-7-13)11-16(20)12-8-9-14(17)15(10-12)19(21)22/h3-10,16,20H,2,11H2,1H3. The van der Waals surface area contributed by atoms with Crippen LogP contribution in [-0.4, -0.2) is 23.1 Å². The largest absolute Gasteiger partial charge is 0.387 e. The van der Waals surface area contributed by atoms with E-state index in [1.54, 1.807) is 0 Å². The molecule has 0 fully saturated rings. The van der Waals surface area contributed by atoms with E-state index in [0.717, 1.165) is 17.8 Å². The minimum atomic E-state index is -0.945. The van der Waals surface area contributed by atoms with Crippen molar-refractivity contribution in [2.45, 2.75) is 13.0 Å². The van der Waals surface area contributed by atoms with Gasteiger partial charge in [-0.3, -0.25) is 10.1 Å². The van der Waals surface area contributed by atoms with Crippen molar-refractivity contribution < 1.29 is 14.4 Å². The molecule has 1 unspecified atom stereocenters. The molecule has 2 aromatic carbocycles. The summed E-state index contributed by atoms with van der Waals surface area (Å²) in [5, 5.41) is 21.1. The summed E-state index contributed by atoms with van der Waals surface area (Å²) < 4.78 is 13.3. The van der Waals surface area contributed by atoms with Gasteiger partial charge in [0.1, 0.15) is 0 Å². The number of nitro groups is 1. The molecule has 0 amide bonds. The van der Waals surface area contributed by atoms with Crippen LogP contribution in [0, 0.1) is 15.9 Å². The quantitative estimate of drug-likeness (QED) is 0.657. The lowest BCUT2D eigenvalue weighted by Crippen LogP contribution is -2.28. The van der Waals surface area contributed by atoms with Crippen molar-refractivity contribution in [2.75, 3.05) is 18.0 Å². The van der Waals surface area contributed by atoms with Gasteiger partial charge in [-0.2, -0.15) is 4.39 Å². The Balaban J connectivity index is 2.19. The molecule has 5 nitrogen and oxygen atoms in total. The van der Waals surface area contributed by atoms with Crippen LogP contribution in [0.25, 0.3) is 0 Å². The smallest absolute Gasteiger partial charge is 0.305 e. The highest BCUT2D eigenvalue weighted by Gasteiger charge is 2.19. The third-order valence-corrected chi connectivity index (χ3v) is 3.45. The van der Waals surface area contributed by atoms with Gasteiger partial charge < -0.3 is 10.0 Å². The molecular formula is C16H17FN2O3. The molecule has 2 aromatic rings. The summed E-state index contributed by atoms with van der Waals surface area (Å²) in [6.45, 7) is 2.89. The monoisotopic (exact) mass is 304 g/mol. The number of aliphatic hydroxyl groups excluding tert-OH is 1. The maximum absolute atomic E-state index is 13.3. The fourth-order valence-electron chi connectivity index (χ4n) is 2.25. The molecule has 0 bridgehead atoms. The summed E-state index contributed by atoms with van der Waals surface area (Å²) in [7, 11) is 0. The number of hydrogen-bond acceptors (Lipinski definition) is 4. The lowest BCUT2D eigenvalue weighted by atomic mass is 10.1. The van der Waals surface area contributed by atoms with Crippen LogP contribution in [0.1, 0.15) is 18.6 Å². The number of rotatable bonds is 6. The molecule has 6 heteroatoms. The van der Waals surface area contributed by atoms with E-state index in [2.05, 4.69) is 0 Å². The number of nitrogens with zero attached hydrogens (tertiary/aromatic N) is 2. The van der Waals surface area contributed by atoms with Crippen LogP contribution in [0.2, 0.25) is 0 Å². The van der Waals surface area contributed by atoms with Crippen molar-refractivity contribution in [1.29, 1.82) is 0 Å². The molecule has 0 saturated carbocycles. The van der Waals surface area contributed by atoms with Crippen LogP contribution in [0.3, 0.4) is 0 Å². The predicted octanol–water partition coefficient (Wildman–Crippen LogP) is 3.29. The number of nitro benzene ring substituents is 1. The summed E-state index contributed by atoms with van der Waals surface area (Å²) in [5.74, 6) is -0.906. The van der Waals surface area contributed by atoms with E-state index in [0.29, 0.717) is 12.1 Å². The maximum atomic E-state index is 13.3. The Labute approximate surface area is 127 Å². The molecule has 0 aliphatic heterocycles. The Morgan fingerprint density at radius 3 is 2.55 bits per heavy atom. The number of hydrogen-bond donors (Lipinski definition) is 1. The van der Waals surface area contributed by atoms with Crippen molar-refractivity contribution >= 4 is 11.4 Å². The van der Waals surface area contributed by atoms with E-state index in [1.807, 2.05) is 42.2 Å². The molecule has 0 aromatic heterocycles. The van der Waals surface area contributed by atoms with Gasteiger partial charge in [0, 0.05) is 24.8 Å². The summed E-state index contributed by atoms with van der Waals surface area (Å²) in [6, 6.07) is 13.0. The minimum Gasteiger partial charge on any atom is -0.387 e. The van der Waals surface area contributed by atoms with E-state index in [1.165, 1.54) is 6.07 Å². The Kier molecular flexibility index (Phi) is 5.06. The number of aliphatic hydroxyl groups is 1. The van der Waals surface area contributed by atoms with Gasteiger partial charge in [0.05, 0.1) is 11.0 Å². The number of benzene rings is 2. The van der Waals surface area contributed by atoms with Crippen LogP contribution >= 0.6 is 0 Å². The van der Waals surface area contributed by atoms with Gasteiger partial charge in [0.2, 0.25) is 5.82 Å². The Bertz CT molecular complexity index is 649. The van der Waals surface area contributed by atoms with E-state index in [-0.39, 0.29) is 6.54 Å². The minimum absolute atomic E-state index is 0.267. The van der Waals surface area contributed by atoms with E-state index >= 15 is 0 Å². The molecule has 0 heterocycles. The van der Waals surface area contributed by atoms with Crippen LogP contribution < -0.4 is 4.90 Å². The van der Waals surface area contributed by atoms with Crippen LogP contribution in [-0.2, 0) is 0 Å². The molecule has 0 aliphatic carbocycles. The number of halogens is 1. The average molecular weight is 304 g/mol. The van der Waals surface area contributed by atoms with E-state index < -0.39 is 22.5 Å². The predicted molar refractivity (Wildman–Crippen MR) is 82.3 cm³/mol. The van der Waals surface area contributed by atoms with Gasteiger partial charge in [-0.1, -0.05) is 24.3 Å². The molecule has 2 rings (SSSR count). The van der Waals surface area contributed by atoms with E-state index in [4.69, 9.17) is 0 Å². The summed E-state index contributed by atoms with van der Waals surface area (Å²) in [6.07, 6.45) is -0.945. The molecular weight excluding hydrogens is 287 g/mol. The molecule has 1 N–H and O–H groups in total.